The summed E-state index contributed by atoms with van der Waals surface area (Å²) in [6, 6.07) is 4.99. The zero-order valence-electron chi connectivity index (χ0n) is 12.4. The van der Waals surface area contributed by atoms with Crippen molar-refractivity contribution in [1.82, 2.24) is 9.78 Å². The Labute approximate surface area is 134 Å². The monoisotopic (exact) mass is 376 g/mol. The molecule has 120 valence electrons. The second kappa shape index (κ2) is 5.61. The van der Waals surface area contributed by atoms with Gasteiger partial charge in [0.2, 0.25) is 0 Å². The molecule has 2 aromatic rings. The Kier molecular flexibility index (Phi) is 4.30. The number of halogens is 4. The van der Waals surface area contributed by atoms with Gasteiger partial charge in [-0.3, -0.25) is 9.89 Å². The molecule has 0 radical (unpaired) electrons. The first kappa shape index (κ1) is 16.9. The van der Waals surface area contributed by atoms with Gasteiger partial charge in [0.05, 0.1) is 16.9 Å². The van der Waals surface area contributed by atoms with Crippen LogP contribution >= 0.6 is 15.9 Å². The van der Waals surface area contributed by atoms with Crippen LogP contribution in [-0.4, -0.2) is 9.78 Å². The van der Waals surface area contributed by atoms with Gasteiger partial charge in [0.15, 0.2) is 0 Å². The van der Waals surface area contributed by atoms with Crippen molar-refractivity contribution in [3.63, 3.8) is 0 Å². The van der Waals surface area contributed by atoms with Crippen LogP contribution in [0.3, 0.4) is 0 Å². The lowest BCUT2D eigenvalue weighted by Gasteiger charge is -2.17. The van der Waals surface area contributed by atoms with E-state index in [-0.39, 0.29) is 15.6 Å². The molecule has 1 heterocycles. The van der Waals surface area contributed by atoms with Crippen LogP contribution in [0.1, 0.15) is 32.0 Å². The maximum absolute atomic E-state index is 13.1. The van der Waals surface area contributed by atoms with Gasteiger partial charge in [-0.05, 0) is 39.9 Å². The fourth-order valence-electron chi connectivity index (χ4n) is 2.19. The average molecular weight is 377 g/mol. The van der Waals surface area contributed by atoms with Crippen LogP contribution in [0, 0.1) is 5.41 Å². The van der Waals surface area contributed by atoms with Gasteiger partial charge in [-0.25, -0.2) is 4.68 Å². The molecule has 0 aliphatic rings. The van der Waals surface area contributed by atoms with E-state index in [2.05, 4.69) is 21.0 Å². The molecule has 0 aliphatic carbocycles. The van der Waals surface area contributed by atoms with Gasteiger partial charge in [-0.15, -0.1) is 0 Å². The number of alkyl halides is 3. The third-order valence-corrected chi connectivity index (χ3v) is 3.88. The molecule has 22 heavy (non-hydrogen) atoms. The Hall–Kier alpha value is -1.50. The lowest BCUT2D eigenvalue weighted by molar-refractivity contribution is -0.137. The largest absolute Gasteiger partial charge is 0.418 e. The molecule has 0 unspecified atom stereocenters. The summed E-state index contributed by atoms with van der Waals surface area (Å²) in [7, 11) is 0. The van der Waals surface area contributed by atoms with Crippen molar-refractivity contribution >= 4 is 15.9 Å². The van der Waals surface area contributed by atoms with E-state index in [1.165, 1.54) is 18.2 Å². The number of para-hydroxylation sites is 1. The Bertz CT molecular complexity index is 738. The molecule has 1 aromatic heterocycles. The van der Waals surface area contributed by atoms with Crippen LogP contribution in [-0.2, 0) is 12.6 Å². The highest BCUT2D eigenvalue weighted by molar-refractivity contribution is 9.10. The summed E-state index contributed by atoms with van der Waals surface area (Å²) in [5, 5.41) is 2.79. The highest BCUT2D eigenvalue weighted by atomic mass is 79.9. The summed E-state index contributed by atoms with van der Waals surface area (Å²) >= 11 is 3.18. The Morgan fingerprint density at radius 3 is 2.32 bits per heavy atom. The van der Waals surface area contributed by atoms with Crippen molar-refractivity contribution in [2.45, 2.75) is 33.4 Å². The second-order valence-corrected chi connectivity index (χ2v) is 7.09. The molecule has 7 heteroatoms. The minimum absolute atomic E-state index is 0.110. The fourth-order valence-corrected chi connectivity index (χ4v) is 2.59. The van der Waals surface area contributed by atoms with E-state index in [1.807, 2.05) is 20.8 Å². The average Bonchev–Trinajstić information content (AvgIpc) is 2.64. The van der Waals surface area contributed by atoms with Crippen molar-refractivity contribution in [2.75, 3.05) is 0 Å². The van der Waals surface area contributed by atoms with Crippen molar-refractivity contribution in [2.24, 2.45) is 5.41 Å². The summed E-state index contributed by atoms with van der Waals surface area (Å²) < 4.78 is 40.5. The number of hydrogen-bond donors (Lipinski definition) is 1. The number of hydrogen-bond acceptors (Lipinski definition) is 1. The first-order chi connectivity index (χ1) is 10.0. The molecule has 0 saturated carbocycles. The van der Waals surface area contributed by atoms with Crippen LogP contribution in [0.25, 0.3) is 5.69 Å². The summed E-state index contributed by atoms with van der Waals surface area (Å²) in [4.78, 5) is 12.3. The molecule has 0 saturated heterocycles. The van der Waals surface area contributed by atoms with E-state index in [9.17, 15) is 18.0 Å². The van der Waals surface area contributed by atoms with Gasteiger partial charge < -0.3 is 0 Å². The summed E-state index contributed by atoms with van der Waals surface area (Å²) in [5.74, 6) is 0. The molecule has 0 spiro atoms. The number of nitrogens with one attached hydrogen (secondary N) is 1. The van der Waals surface area contributed by atoms with E-state index < -0.39 is 17.3 Å². The van der Waals surface area contributed by atoms with E-state index >= 15 is 0 Å². The van der Waals surface area contributed by atoms with Crippen LogP contribution in [0.4, 0.5) is 13.2 Å². The lowest BCUT2D eigenvalue weighted by Crippen LogP contribution is -2.19. The zero-order chi connectivity index (χ0) is 16.7. The third-order valence-electron chi connectivity index (χ3n) is 3.06. The molecule has 1 aromatic carbocycles. The molecule has 0 aliphatic heterocycles. The van der Waals surface area contributed by atoms with Gasteiger partial charge in [-0.2, -0.15) is 13.2 Å². The highest BCUT2D eigenvalue weighted by Gasteiger charge is 2.34. The van der Waals surface area contributed by atoms with E-state index in [4.69, 9.17) is 0 Å². The summed E-state index contributed by atoms with van der Waals surface area (Å²) in [6.07, 6.45) is -4.00. The Balaban J connectivity index is 2.61. The molecule has 0 atom stereocenters. The van der Waals surface area contributed by atoms with Crippen LogP contribution in [0.2, 0.25) is 0 Å². The van der Waals surface area contributed by atoms with Crippen LogP contribution in [0.5, 0.6) is 0 Å². The van der Waals surface area contributed by atoms with Gasteiger partial charge in [0.25, 0.3) is 5.56 Å². The maximum atomic E-state index is 13.1. The zero-order valence-corrected chi connectivity index (χ0v) is 14.0. The van der Waals surface area contributed by atoms with E-state index in [0.29, 0.717) is 12.1 Å². The molecule has 0 bridgehead atoms. The minimum atomic E-state index is -4.53. The van der Waals surface area contributed by atoms with Crippen molar-refractivity contribution in [3.8, 4) is 5.69 Å². The molecular formula is C15H16BrF3N2O. The predicted octanol–water partition coefficient (Wildman–Crippen LogP) is 4.54. The molecule has 3 nitrogen and oxygen atoms in total. The predicted molar refractivity (Wildman–Crippen MR) is 82.3 cm³/mol. The van der Waals surface area contributed by atoms with Gasteiger partial charge in [0.1, 0.15) is 4.47 Å². The molecule has 1 N–H and O–H groups in total. The third kappa shape index (κ3) is 3.45. The molecule has 2 rings (SSSR count). The standard InChI is InChI=1S/C15H16BrF3N2O/c1-14(2,3)8-10-12(16)13(22)21(20-10)11-7-5-4-6-9(11)15(17,18)19/h4-7,20H,8H2,1-3H3. The van der Waals surface area contributed by atoms with Crippen molar-refractivity contribution in [1.29, 1.82) is 0 Å². The van der Waals surface area contributed by atoms with Crippen LogP contribution < -0.4 is 5.56 Å². The second-order valence-electron chi connectivity index (χ2n) is 6.30. The topological polar surface area (TPSA) is 37.8 Å². The van der Waals surface area contributed by atoms with Gasteiger partial charge in [-0.1, -0.05) is 32.9 Å². The number of benzene rings is 1. The van der Waals surface area contributed by atoms with Crippen LogP contribution in [0.15, 0.2) is 33.5 Å². The van der Waals surface area contributed by atoms with Gasteiger partial charge in [0, 0.05) is 0 Å². The van der Waals surface area contributed by atoms with Crippen molar-refractivity contribution in [3.05, 3.63) is 50.3 Å². The number of H-pyrrole nitrogens is 1. The quantitative estimate of drug-likeness (QED) is 0.820. The number of aromatic nitrogens is 2. The Morgan fingerprint density at radius 2 is 1.77 bits per heavy atom. The summed E-state index contributed by atoms with van der Waals surface area (Å²) in [6.45, 7) is 5.95. The molecular weight excluding hydrogens is 361 g/mol. The first-order valence-corrected chi connectivity index (χ1v) is 7.46. The number of nitrogens with zero attached hydrogens (tertiary/aromatic N) is 1. The maximum Gasteiger partial charge on any atom is 0.418 e. The Morgan fingerprint density at radius 1 is 1.18 bits per heavy atom. The normalized spacial score (nSPS) is 12.7. The number of rotatable bonds is 2. The lowest BCUT2D eigenvalue weighted by atomic mass is 9.91. The van der Waals surface area contributed by atoms with E-state index in [0.717, 1.165) is 10.7 Å². The first-order valence-electron chi connectivity index (χ1n) is 6.67. The SMILES string of the molecule is CC(C)(C)Cc1[nH]n(-c2ccccc2C(F)(F)F)c(=O)c1Br. The molecule has 0 amide bonds. The van der Waals surface area contributed by atoms with E-state index in [1.54, 1.807) is 0 Å². The van der Waals surface area contributed by atoms with Gasteiger partial charge >= 0.3 is 6.18 Å². The smallest absolute Gasteiger partial charge is 0.294 e. The molecule has 0 fully saturated rings. The minimum Gasteiger partial charge on any atom is -0.294 e. The fraction of sp³-hybridized carbons (Fsp3) is 0.400. The van der Waals surface area contributed by atoms with Crippen molar-refractivity contribution < 1.29 is 13.2 Å². The summed E-state index contributed by atoms with van der Waals surface area (Å²) in [5.41, 5.74) is -1.12. The highest BCUT2D eigenvalue weighted by Crippen LogP contribution is 2.33. The number of aromatic amines is 1.